The lowest BCUT2D eigenvalue weighted by Gasteiger charge is -2.14. The summed E-state index contributed by atoms with van der Waals surface area (Å²) in [4.78, 5) is 12.6. The number of para-hydroxylation sites is 1. The number of rotatable bonds is 7. The molecule has 29 heavy (non-hydrogen) atoms. The zero-order valence-corrected chi connectivity index (χ0v) is 17.5. The summed E-state index contributed by atoms with van der Waals surface area (Å²) in [5.41, 5.74) is 3.46. The summed E-state index contributed by atoms with van der Waals surface area (Å²) in [5, 5.41) is 3.01. The standard InChI is InChI=1S/C24H20BrNO3/c1-3-14-29-22-13-10-18(16-23(22)28-2)20-6-4-5-7-21(20)26-24(27)15-17-8-11-19(25)12-9-17/h1,4-13,16H,14-15H2,2H3,(H,26,27). The van der Waals surface area contributed by atoms with E-state index in [1.165, 1.54) is 0 Å². The number of ether oxygens (including phenoxy) is 2. The van der Waals surface area contributed by atoms with Gasteiger partial charge in [-0.1, -0.05) is 58.2 Å². The Hall–Kier alpha value is -3.23. The largest absolute Gasteiger partial charge is 0.493 e. The molecule has 0 heterocycles. The first kappa shape index (κ1) is 20.5. The van der Waals surface area contributed by atoms with Crippen LogP contribution in [0.4, 0.5) is 5.69 Å². The van der Waals surface area contributed by atoms with Crippen LogP contribution in [0.1, 0.15) is 5.56 Å². The molecule has 4 nitrogen and oxygen atoms in total. The lowest BCUT2D eigenvalue weighted by Crippen LogP contribution is -2.15. The molecule has 1 amide bonds. The zero-order chi connectivity index (χ0) is 20.6. The highest BCUT2D eigenvalue weighted by molar-refractivity contribution is 9.10. The Balaban J connectivity index is 1.82. The van der Waals surface area contributed by atoms with E-state index >= 15 is 0 Å². The second kappa shape index (κ2) is 9.81. The van der Waals surface area contributed by atoms with Crippen molar-refractivity contribution in [3.8, 4) is 35.0 Å². The average molecular weight is 450 g/mol. The first-order valence-corrected chi connectivity index (χ1v) is 9.78. The molecule has 3 rings (SSSR count). The molecule has 5 heteroatoms. The van der Waals surface area contributed by atoms with Gasteiger partial charge in [-0.2, -0.15) is 0 Å². The summed E-state index contributed by atoms with van der Waals surface area (Å²) in [6.45, 7) is 0.165. The molecule has 0 radical (unpaired) electrons. The van der Waals surface area contributed by atoms with Crippen LogP contribution in [-0.2, 0) is 11.2 Å². The van der Waals surface area contributed by atoms with Gasteiger partial charge in [0.05, 0.1) is 13.5 Å². The monoisotopic (exact) mass is 449 g/mol. The van der Waals surface area contributed by atoms with E-state index < -0.39 is 0 Å². The average Bonchev–Trinajstić information content (AvgIpc) is 2.74. The van der Waals surface area contributed by atoms with Crippen molar-refractivity contribution in [3.05, 3.63) is 76.8 Å². The maximum atomic E-state index is 12.6. The number of carbonyl (C=O) groups excluding carboxylic acids is 1. The van der Waals surface area contributed by atoms with E-state index in [0.29, 0.717) is 17.9 Å². The minimum atomic E-state index is -0.0827. The Morgan fingerprint density at radius 3 is 2.55 bits per heavy atom. The van der Waals surface area contributed by atoms with Crippen LogP contribution in [-0.4, -0.2) is 19.6 Å². The Labute approximate surface area is 179 Å². The van der Waals surface area contributed by atoms with Gasteiger partial charge >= 0.3 is 0 Å². The predicted molar refractivity (Wildman–Crippen MR) is 119 cm³/mol. The van der Waals surface area contributed by atoms with Gasteiger partial charge in [0.1, 0.15) is 6.61 Å². The third-order valence-corrected chi connectivity index (χ3v) is 4.79. The fourth-order valence-corrected chi connectivity index (χ4v) is 3.16. The van der Waals surface area contributed by atoms with Crippen LogP contribution in [0.5, 0.6) is 11.5 Å². The molecular formula is C24H20BrNO3. The topological polar surface area (TPSA) is 47.6 Å². The maximum Gasteiger partial charge on any atom is 0.228 e. The van der Waals surface area contributed by atoms with Gasteiger partial charge in [-0.3, -0.25) is 4.79 Å². The molecule has 0 saturated carbocycles. The minimum Gasteiger partial charge on any atom is -0.493 e. The Morgan fingerprint density at radius 1 is 1.07 bits per heavy atom. The molecule has 0 bridgehead atoms. The molecular weight excluding hydrogens is 430 g/mol. The van der Waals surface area contributed by atoms with E-state index in [1.807, 2.05) is 66.7 Å². The molecule has 0 spiro atoms. The second-order valence-corrected chi connectivity index (χ2v) is 7.17. The fraction of sp³-hybridized carbons (Fsp3) is 0.125. The van der Waals surface area contributed by atoms with Gasteiger partial charge in [-0.15, -0.1) is 6.42 Å². The Kier molecular flexibility index (Phi) is 6.94. The molecule has 0 aliphatic heterocycles. The van der Waals surface area contributed by atoms with E-state index in [2.05, 4.69) is 27.2 Å². The highest BCUT2D eigenvalue weighted by Gasteiger charge is 2.12. The first-order chi connectivity index (χ1) is 14.1. The third kappa shape index (κ3) is 5.40. The van der Waals surface area contributed by atoms with Gasteiger partial charge in [0.15, 0.2) is 11.5 Å². The highest BCUT2D eigenvalue weighted by Crippen LogP contribution is 2.35. The van der Waals surface area contributed by atoms with Crippen molar-refractivity contribution in [1.82, 2.24) is 0 Å². The van der Waals surface area contributed by atoms with Crippen molar-refractivity contribution in [1.29, 1.82) is 0 Å². The van der Waals surface area contributed by atoms with E-state index in [1.54, 1.807) is 7.11 Å². The number of nitrogens with one attached hydrogen (secondary N) is 1. The number of halogens is 1. The number of carbonyl (C=O) groups is 1. The second-order valence-electron chi connectivity index (χ2n) is 6.26. The SMILES string of the molecule is C#CCOc1ccc(-c2ccccc2NC(=O)Cc2ccc(Br)cc2)cc1OC. The van der Waals surface area contributed by atoms with E-state index in [-0.39, 0.29) is 12.5 Å². The summed E-state index contributed by atoms with van der Waals surface area (Å²) in [5.74, 6) is 3.51. The molecule has 0 saturated heterocycles. The summed E-state index contributed by atoms with van der Waals surface area (Å²) in [6, 6.07) is 20.9. The van der Waals surface area contributed by atoms with Gasteiger partial charge in [-0.25, -0.2) is 0 Å². The number of amides is 1. The van der Waals surface area contributed by atoms with Gasteiger partial charge in [0.2, 0.25) is 5.91 Å². The Morgan fingerprint density at radius 2 is 1.83 bits per heavy atom. The quantitative estimate of drug-likeness (QED) is 0.496. The molecule has 1 N–H and O–H groups in total. The number of anilines is 1. The predicted octanol–water partition coefficient (Wildman–Crippen LogP) is 5.32. The van der Waals surface area contributed by atoms with Gasteiger partial charge < -0.3 is 14.8 Å². The third-order valence-electron chi connectivity index (χ3n) is 4.26. The lowest BCUT2D eigenvalue weighted by atomic mass is 10.0. The fourth-order valence-electron chi connectivity index (χ4n) is 2.90. The zero-order valence-electron chi connectivity index (χ0n) is 15.9. The smallest absolute Gasteiger partial charge is 0.228 e. The van der Waals surface area contributed by atoms with Crippen molar-refractivity contribution < 1.29 is 14.3 Å². The van der Waals surface area contributed by atoms with Gasteiger partial charge in [0.25, 0.3) is 0 Å². The van der Waals surface area contributed by atoms with Crippen LogP contribution in [0.3, 0.4) is 0 Å². The molecule has 0 aliphatic rings. The minimum absolute atomic E-state index is 0.0827. The van der Waals surface area contributed by atoms with E-state index in [4.69, 9.17) is 15.9 Å². The van der Waals surface area contributed by atoms with Crippen LogP contribution < -0.4 is 14.8 Å². The summed E-state index contributed by atoms with van der Waals surface area (Å²) in [6.07, 6.45) is 5.55. The molecule has 0 aliphatic carbocycles. The van der Waals surface area contributed by atoms with Crippen molar-refractivity contribution in [2.75, 3.05) is 19.0 Å². The van der Waals surface area contributed by atoms with Crippen LogP contribution in [0.2, 0.25) is 0 Å². The normalized spacial score (nSPS) is 10.1. The first-order valence-electron chi connectivity index (χ1n) is 8.98. The molecule has 0 fully saturated rings. The Bertz CT molecular complexity index is 1040. The summed E-state index contributed by atoms with van der Waals surface area (Å²) < 4.78 is 11.9. The maximum absolute atomic E-state index is 12.6. The lowest BCUT2D eigenvalue weighted by molar-refractivity contribution is -0.115. The van der Waals surface area contributed by atoms with Crippen LogP contribution in [0.15, 0.2) is 71.2 Å². The van der Waals surface area contributed by atoms with Crippen LogP contribution in [0.25, 0.3) is 11.1 Å². The molecule has 146 valence electrons. The molecule has 3 aromatic rings. The van der Waals surface area contributed by atoms with Gasteiger partial charge in [-0.05, 0) is 41.5 Å². The molecule has 0 aromatic heterocycles. The molecule has 0 unspecified atom stereocenters. The van der Waals surface area contributed by atoms with Gasteiger partial charge in [0, 0.05) is 15.7 Å². The number of methoxy groups -OCH3 is 1. The summed E-state index contributed by atoms with van der Waals surface area (Å²) >= 11 is 3.40. The van der Waals surface area contributed by atoms with Crippen LogP contribution >= 0.6 is 15.9 Å². The van der Waals surface area contributed by atoms with Crippen molar-refractivity contribution in [2.45, 2.75) is 6.42 Å². The van der Waals surface area contributed by atoms with E-state index in [0.717, 1.165) is 26.9 Å². The van der Waals surface area contributed by atoms with E-state index in [9.17, 15) is 4.79 Å². The van der Waals surface area contributed by atoms with Crippen LogP contribution in [0, 0.1) is 12.3 Å². The number of terminal acetylenes is 1. The molecule has 3 aromatic carbocycles. The number of hydrogen-bond donors (Lipinski definition) is 1. The van der Waals surface area contributed by atoms with Crippen molar-refractivity contribution >= 4 is 27.5 Å². The van der Waals surface area contributed by atoms with Crippen molar-refractivity contribution in [2.24, 2.45) is 0 Å². The van der Waals surface area contributed by atoms with Crippen molar-refractivity contribution in [3.63, 3.8) is 0 Å². The number of benzene rings is 3. The summed E-state index contributed by atoms with van der Waals surface area (Å²) in [7, 11) is 1.58. The number of hydrogen-bond acceptors (Lipinski definition) is 3. The highest BCUT2D eigenvalue weighted by atomic mass is 79.9. The molecule has 0 atom stereocenters.